The summed E-state index contributed by atoms with van der Waals surface area (Å²) in [7, 11) is 0. The number of hydrogen-bond acceptors (Lipinski definition) is 5. The molecule has 0 fully saturated rings. The predicted molar refractivity (Wildman–Crippen MR) is 63.3 cm³/mol. The largest absolute Gasteiger partial charge is 0.466 e. The van der Waals surface area contributed by atoms with Gasteiger partial charge in [0.1, 0.15) is 0 Å². The zero-order valence-corrected chi connectivity index (χ0v) is 10.5. The number of ether oxygens (including phenoxy) is 2. The van der Waals surface area contributed by atoms with E-state index in [4.69, 9.17) is 15.2 Å². The molecule has 0 aromatic rings. The Morgan fingerprint density at radius 2 is 2.00 bits per heavy atom. The molecule has 0 aliphatic rings. The van der Waals surface area contributed by atoms with Crippen LogP contribution in [0.4, 0.5) is 0 Å². The topological polar surface area (TPSA) is 90.7 Å². The van der Waals surface area contributed by atoms with E-state index in [-0.39, 0.29) is 37.4 Å². The van der Waals surface area contributed by atoms with Crippen LogP contribution in [0.2, 0.25) is 0 Å². The summed E-state index contributed by atoms with van der Waals surface area (Å²) in [5, 5.41) is 2.62. The maximum Gasteiger partial charge on any atom is 0.307 e. The third kappa shape index (κ3) is 8.65. The van der Waals surface area contributed by atoms with E-state index in [1.807, 2.05) is 6.92 Å². The Morgan fingerprint density at radius 1 is 1.29 bits per heavy atom. The minimum atomic E-state index is -0.312. The molecule has 100 valence electrons. The van der Waals surface area contributed by atoms with Gasteiger partial charge in [0.15, 0.2) is 0 Å². The van der Waals surface area contributed by atoms with E-state index in [1.54, 1.807) is 6.92 Å². The summed E-state index contributed by atoms with van der Waals surface area (Å²) in [6, 6.07) is 0. The van der Waals surface area contributed by atoms with Gasteiger partial charge in [-0.15, -0.1) is 0 Å². The molecule has 0 aromatic carbocycles. The number of nitrogens with two attached hydrogens (primary N) is 1. The molecule has 0 aliphatic heterocycles. The highest BCUT2D eigenvalue weighted by molar-refractivity contribution is 5.77. The van der Waals surface area contributed by atoms with Crippen LogP contribution in [0.25, 0.3) is 0 Å². The lowest BCUT2D eigenvalue weighted by molar-refractivity contribution is -0.143. The number of esters is 1. The van der Waals surface area contributed by atoms with Gasteiger partial charge in [0.25, 0.3) is 0 Å². The van der Waals surface area contributed by atoms with E-state index in [9.17, 15) is 9.59 Å². The zero-order chi connectivity index (χ0) is 13.1. The number of carbonyl (C=O) groups is 2. The molecule has 0 spiro atoms. The Morgan fingerprint density at radius 3 is 2.53 bits per heavy atom. The average Bonchev–Trinajstić information content (AvgIpc) is 2.28. The molecular weight excluding hydrogens is 224 g/mol. The standard InChI is InChI=1S/C11H22N2O4/c1-3-16-9(8-12)7-10(14)13-6-5-11(15)17-4-2/h9H,3-8,12H2,1-2H3,(H,13,14). The minimum Gasteiger partial charge on any atom is -0.466 e. The van der Waals surface area contributed by atoms with Gasteiger partial charge in [0.2, 0.25) is 5.91 Å². The monoisotopic (exact) mass is 246 g/mol. The van der Waals surface area contributed by atoms with Crippen LogP contribution in [0.3, 0.4) is 0 Å². The van der Waals surface area contributed by atoms with Crippen LogP contribution in [-0.4, -0.2) is 44.3 Å². The molecule has 1 amide bonds. The van der Waals surface area contributed by atoms with E-state index in [0.717, 1.165) is 0 Å². The third-order valence-electron chi connectivity index (χ3n) is 2.03. The van der Waals surface area contributed by atoms with Gasteiger partial charge >= 0.3 is 5.97 Å². The van der Waals surface area contributed by atoms with E-state index < -0.39 is 0 Å². The highest BCUT2D eigenvalue weighted by atomic mass is 16.5. The fourth-order valence-corrected chi connectivity index (χ4v) is 1.26. The summed E-state index contributed by atoms with van der Waals surface area (Å²) < 4.78 is 9.98. The highest BCUT2D eigenvalue weighted by Crippen LogP contribution is 1.96. The zero-order valence-electron chi connectivity index (χ0n) is 10.5. The van der Waals surface area contributed by atoms with Crippen molar-refractivity contribution in [2.75, 3.05) is 26.3 Å². The Kier molecular flexibility index (Phi) is 9.37. The van der Waals surface area contributed by atoms with Crippen LogP contribution in [0.5, 0.6) is 0 Å². The van der Waals surface area contributed by atoms with Crippen LogP contribution < -0.4 is 11.1 Å². The molecule has 0 saturated heterocycles. The summed E-state index contributed by atoms with van der Waals surface area (Å²) in [5.74, 6) is -0.480. The molecule has 0 aliphatic carbocycles. The van der Waals surface area contributed by atoms with E-state index >= 15 is 0 Å². The predicted octanol–water partition coefficient (Wildman–Crippen LogP) is -0.190. The van der Waals surface area contributed by atoms with Crippen molar-refractivity contribution in [3.63, 3.8) is 0 Å². The molecule has 0 bridgehead atoms. The third-order valence-corrected chi connectivity index (χ3v) is 2.03. The van der Waals surface area contributed by atoms with Gasteiger partial charge in [0, 0.05) is 19.7 Å². The van der Waals surface area contributed by atoms with Crippen LogP contribution >= 0.6 is 0 Å². The highest BCUT2D eigenvalue weighted by Gasteiger charge is 2.12. The van der Waals surface area contributed by atoms with Gasteiger partial charge in [0.05, 0.1) is 25.6 Å². The Bertz CT molecular complexity index is 234. The molecule has 0 rings (SSSR count). The quantitative estimate of drug-likeness (QED) is 0.550. The van der Waals surface area contributed by atoms with Gasteiger partial charge in [-0.3, -0.25) is 9.59 Å². The van der Waals surface area contributed by atoms with Crippen LogP contribution in [-0.2, 0) is 19.1 Å². The van der Waals surface area contributed by atoms with E-state index in [0.29, 0.717) is 19.8 Å². The summed E-state index contributed by atoms with van der Waals surface area (Å²) in [5.41, 5.74) is 5.44. The second-order valence-corrected chi connectivity index (χ2v) is 3.42. The van der Waals surface area contributed by atoms with Crippen LogP contribution in [0.1, 0.15) is 26.7 Å². The molecule has 1 unspecified atom stereocenters. The molecule has 0 heterocycles. The Balaban J connectivity index is 3.67. The van der Waals surface area contributed by atoms with Crippen molar-refractivity contribution in [2.24, 2.45) is 5.73 Å². The number of amides is 1. The summed E-state index contributed by atoms with van der Waals surface area (Å²) in [6.45, 7) is 5.05. The SMILES string of the molecule is CCOC(=O)CCNC(=O)CC(CN)OCC. The Hall–Kier alpha value is -1.14. The second-order valence-electron chi connectivity index (χ2n) is 3.42. The van der Waals surface area contributed by atoms with Crippen molar-refractivity contribution in [3.8, 4) is 0 Å². The van der Waals surface area contributed by atoms with Gasteiger partial charge in [-0.2, -0.15) is 0 Å². The van der Waals surface area contributed by atoms with Gasteiger partial charge in [-0.05, 0) is 13.8 Å². The van der Waals surface area contributed by atoms with E-state index in [1.165, 1.54) is 0 Å². The maximum absolute atomic E-state index is 11.4. The average molecular weight is 246 g/mol. The molecule has 0 radical (unpaired) electrons. The lowest BCUT2D eigenvalue weighted by Crippen LogP contribution is -2.33. The fourth-order valence-electron chi connectivity index (χ4n) is 1.26. The summed E-state index contributed by atoms with van der Waals surface area (Å²) in [4.78, 5) is 22.4. The molecule has 0 saturated carbocycles. The first-order valence-electron chi connectivity index (χ1n) is 5.88. The lowest BCUT2D eigenvalue weighted by atomic mass is 10.2. The molecule has 0 aromatic heterocycles. The normalized spacial score (nSPS) is 11.9. The van der Waals surface area contributed by atoms with Gasteiger partial charge in [-0.25, -0.2) is 0 Å². The van der Waals surface area contributed by atoms with Crippen molar-refractivity contribution in [2.45, 2.75) is 32.8 Å². The smallest absolute Gasteiger partial charge is 0.307 e. The molecule has 17 heavy (non-hydrogen) atoms. The lowest BCUT2D eigenvalue weighted by Gasteiger charge is -2.14. The van der Waals surface area contributed by atoms with Gasteiger partial charge in [-0.1, -0.05) is 0 Å². The maximum atomic E-state index is 11.4. The minimum absolute atomic E-state index is 0.168. The number of rotatable bonds is 9. The number of nitrogens with one attached hydrogen (secondary N) is 1. The van der Waals surface area contributed by atoms with Crippen molar-refractivity contribution in [1.29, 1.82) is 0 Å². The molecule has 6 heteroatoms. The molecule has 3 N–H and O–H groups in total. The molecule has 6 nitrogen and oxygen atoms in total. The van der Waals surface area contributed by atoms with Crippen molar-refractivity contribution in [1.82, 2.24) is 5.32 Å². The Labute approximate surface area is 102 Å². The molecular formula is C11H22N2O4. The first kappa shape index (κ1) is 15.9. The fraction of sp³-hybridized carbons (Fsp3) is 0.818. The van der Waals surface area contributed by atoms with E-state index in [2.05, 4.69) is 5.32 Å². The summed E-state index contributed by atoms with van der Waals surface area (Å²) in [6.07, 6.45) is 0.136. The number of carbonyl (C=O) groups excluding carboxylic acids is 2. The van der Waals surface area contributed by atoms with Crippen molar-refractivity contribution >= 4 is 11.9 Å². The first-order chi connectivity index (χ1) is 8.13. The van der Waals surface area contributed by atoms with Crippen molar-refractivity contribution in [3.05, 3.63) is 0 Å². The number of hydrogen-bond donors (Lipinski definition) is 2. The van der Waals surface area contributed by atoms with Crippen LogP contribution in [0, 0.1) is 0 Å². The second kappa shape index (κ2) is 10.0. The van der Waals surface area contributed by atoms with Gasteiger partial charge < -0.3 is 20.5 Å². The van der Waals surface area contributed by atoms with Crippen LogP contribution in [0.15, 0.2) is 0 Å². The first-order valence-corrected chi connectivity index (χ1v) is 5.88. The van der Waals surface area contributed by atoms with Crippen molar-refractivity contribution < 1.29 is 19.1 Å². The summed E-state index contributed by atoms with van der Waals surface area (Å²) >= 11 is 0. The molecule has 1 atom stereocenters.